The second-order valence-corrected chi connectivity index (χ2v) is 3.47. The molecule has 0 unspecified atom stereocenters. The van der Waals surface area contributed by atoms with Gasteiger partial charge in [-0.05, 0) is 12.8 Å². The van der Waals surface area contributed by atoms with Gasteiger partial charge in [0.05, 0.1) is 6.10 Å². The molecule has 9 heavy (non-hydrogen) atoms. The van der Waals surface area contributed by atoms with Gasteiger partial charge in [-0.15, -0.1) is 0 Å². The predicted molar refractivity (Wildman–Crippen MR) is 33.2 cm³/mol. The number of nitrogens with one attached hydrogen (secondary N) is 1. The highest BCUT2D eigenvalue weighted by atomic mass is 16.6. The van der Waals surface area contributed by atoms with E-state index in [1.165, 1.54) is 19.4 Å². The molecule has 0 aromatic carbocycles. The molecule has 1 saturated carbocycles. The van der Waals surface area contributed by atoms with Crippen LogP contribution in [0.3, 0.4) is 0 Å². The minimum Gasteiger partial charge on any atom is -0.364 e. The maximum atomic E-state index is 5.60. The summed E-state index contributed by atoms with van der Waals surface area (Å²) in [7, 11) is 0. The Morgan fingerprint density at radius 3 is 3.22 bits per heavy atom. The molecule has 2 saturated heterocycles. The van der Waals surface area contributed by atoms with Gasteiger partial charge in [0.15, 0.2) is 0 Å². The summed E-state index contributed by atoms with van der Waals surface area (Å²) in [5.74, 6) is 0.863. The second kappa shape index (κ2) is 1.18. The van der Waals surface area contributed by atoms with Gasteiger partial charge < -0.3 is 10.1 Å². The van der Waals surface area contributed by atoms with E-state index in [4.69, 9.17) is 4.74 Å². The van der Waals surface area contributed by atoms with Crippen molar-refractivity contribution < 1.29 is 4.74 Å². The Morgan fingerprint density at radius 1 is 1.44 bits per heavy atom. The molecule has 1 N–H and O–H groups in total. The molecule has 0 aromatic heterocycles. The quantitative estimate of drug-likeness (QED) is 0.466. The van der Waals surface area contributed by atoms with Crippen molar-refractivity contribution in [3.63, 3.8) is 0 Å². The molecule has 1 spiro atoms. The molecule has 50 valence electrons. The van der Waals surface area contributed by atoms with Gasteiger partial charge in [-0.2, -0.15) is 0 Å². The fraction of sp³-hybridized carbons (Fsp3) is 1.00. The molecule has 2 heteroatoms. The number of ether oxygens (including phenoxy) is 1. The van der Waals surface area contributed by atoms with Crippen LogP contribution < -0.4 is 5.32 Å². The van der Waals surface area contributed by atoms with Crippen LogP contribution in [0.1, 0.15) is 12.8 Å². The summed E-state index contributed by atoms with van der Waals surface area (Å²) >= 11 is 0. The number of hydrogen-bond donors (Lipinski definition) is 1. The normalized spacial score (nSPS) is 61.3. The van der Waals surface area contributed by atoms with E-state index in [0.717, 1.165) is 12.5 Å². The molecular weight excluding hydrogens is 114 g/mol. The number of epoxide rings is 1. The van der Waals surface area contributed by atoms with Crippen molar-refractivity contribution in [2.24, 2.45) is 5.92 Å². The molecule has 3 atom stereocenters. The average molecular weight is 125 g/mol. The first-order chi connectivity index (χ1) is 4.42. The monoisotopic (exact) mass is 125 g/mol. The minimum atomic E-state index is 0.361. The van der Waals surface area contributed by atoms with Gasteiger partial charge in [-0.3, -0.25) is 0 Å². The highest BCUT2D eigenvalue weighted by Gasteiger charge is 2.66. The first kappa shape index (κ1) is 4.69. The largest absolute Gasteiger partial charge is 0.364 e. The number of rotatable bonds is 0. The van der Waals surface area contributed by atoms with Crippen molar-refractivity contribution in [3.05, 3.63) is 0 Å². The summed E-state index contributed by atoms with van der Waals surface area (Å²) < 4.78 is 5.60. The summed E-state index contributed by atoms with van der Waals surface area (Å²) in [5, 5.41) is 3.38. The lowest BCUT2D eigenvalue weighted by molar-refractivity contribution is 0.225. The van der Waals surface area contributed by atoms with E-state index in [1.54, 1.807) is 0 Å². The van der Waals surface area contributed by atoms with Crippen molar-refractivity contribution in [2.45, 2.75) is 24.5 Å². The third-order valence-electron chi connectivity index (χ3n) is 3.11. The zero-order chi connectivity index (χ0) is 5.90. The number of hydrogen-bond acceptors (Lipinski definition) is 2. The third kappa shape index (κ3) is 0.383. The zero-order valence-corrected chi connectivity index (χ0v) is 5.39. The SMILES string of the molecule is C1C[C@H]2O[C@]23CNC[C@@H]13. The fourth-order valence-electron chi connectivity index (χ4n) is 2.51. The highest BCUT2D eigenvalue weighted by molar-refractivity contribution is 5.17. The summed E-state index contributed by atoms with van der Waals surface area (Å²) in [5.41, 5.74) is 0.361. The van der Waals surface area contributed by atoms with Crippen molar-refractivity contribution in [3.8, 4) is 0 Å². The van der Waals surface area contributed by atoms with Crippen LogP contribution in [0, 0.1) is 5.92 Å². The van der Waals surface area contributed by atoms with E-state index in [2.05, 4.69) is 5.32 Å². The molecule has 3 rings (SSSR count). The Balaban J connectivity index is 1.99. The topological polar surface area (TPSA) is 24.6 Å². The van der Waals surface area contributed by atoms with Crippen molar-refractivity contribution in [1.29, 1.82) is 0 Å². The summed E-state index contributed by atoms with van der Waals surface area (Å²) in [6.45, 7) is 2.33. The van der Waals surface area contributed by atoms with Crippen LogP contribution in [0.15, 0.2) is 0 Å². The summed E-state index contributed by atoms with van der Waals surface area (Å²) in [4.78, 5) is 0. The van der Waals surface area contributed by atoms with E-state index in [9.17, 15) is 0 Å². The van der Waals surface area contributed by atoms with Crippen LogP contribution in [0.25, 0.3) is 0 Å². The molecule has 2 aliphatic heterocycles. The van der Waals surface area contributed by atoms with E-state index >= 15 is 0 Å². The first-order valence-corrected chi connectivity index (χ1v) is 3.80. The van der Waals surface area contributed by atoms with E-state index in [1.807, 2.05) is 0 Å². The van der Waals surface area contributed by atoms with Gasteiger partial charge in [-0.1, -0.05) is 0 Å². The van der Waals surface area contributed by atoms with Crippen LogP contribution in [-0.4, -0.2) is 24.8 Å². The van der Waals surface area contributed by atoms with E-state index in [-0.39, 0.29) is 0 Å². The fourth-order valence-corrected chi connectivity index (χ4v) is 2.51. The van der Waals surface area contributed by atoms with Crippen molar-refractivity contribution >= 4 is 0 Å². The molecule has 0 amide bonds. The Bertz CT molecular complexity index is 157. The second-order valence-electron chi connectivity index (χ2n) is 3.47. The smallest absolute Gasteiger partial charge is 0.111 e. The summed E-state index contributed by atoms with van der Waals surface area (Å²) in [6, 6.07) is 0. The lowest BCUT2D eigenvalue weighted by atomic mass is 10.00. The standard InChI is InChI=1S/C7H11NO/c1-2-6-7(9-6)4-8-3-5(1)7/h5-6,8H,1-4H2/t5-,6-,7+/m1/s1. The van der Waals surface area contributed by atoms with E-state index < -0.39 is 0 Å². The Morgan fingerprint density at radius 2 is 2.44 bits per heavy atom. The van der Waals surface area contributed by atoms with E-state index in [0.29, 0.717) is 11.7 Å². The van der Waals surface area contributed by atoms with Crippen LogP contribution in [0.4, 0.5) is 0 Å². The molecule has 1 aliphatic carbocycles. The molecule has 3 aliphatic rings. The van der Waals surface area contributed by atoms with Gasteiger partial charge in [0, 0.05) is 19.0 Å². The van der Waals surface area contributed by atoms with Crippen LogP contribution in [0.5, 0.6) is 0 Å². The van der Waals surface area contributed by atoms with Gasteiger partial charge in [0.25, 0.3) is 0 Å². The molecule has 2 heterocycles. The first-order valence-electron chi connectivity index (χ1n) is 3.80. The molecular formula is C7H11NO. The predicted octanol–water partition coefficient (Wildman–Crippen LogP) is 0.137. The van der Waals surface area contributed by atoms with Crippen LogP contribution >= 0.6 is 0 Å². The van der Waals surface area contributed by atoms with Crippen molar-refractivity contribution in [2.75, 3.05) is 13.1 Å². The molecule has 2 nitrogen and oxygen atoms in total. The zero-order valence-electron chi connectivity index (χ0n) is 5.39. The van der Waals surface area contributed by atoms with Crippen LogP contribution in [0.2, 0.25) is 0 Å². The lowest BCUT2D eigenvalue weighted by Crippen LogP contribution is -2.19. The molecule has 0 radical (unpaired) electrons. The van der Waals surface area contributed by atoms with Gasteiger partial charge >= 0.3 is 0 Å². The highest BCUT2D eigenvalue weighted by Crippen LogP contribution is 2.55. The summed E-state index contributed by atoms with van der Waals surface area (Å²) in [6.07, 6.45) is 3.38. The Hall–Kier alpha value is -0.0800. The third-order valence-corrected chi connectivity index (χ3v) is 3.11. The lowest BCUT2D eigenvalue weighted by Gasteiger charge is -2.06. The molecule has 3 fully saturated rings. The maximum absolute atomic E-state index is 5.60. The van der Waals surface area contributed by atoms with Gasteiger partial charge in [0.1, 0.15) is 5.60 Å². The Kier molecular flexibility index (Phi) is 0.616. The minimum absolute atomic E-state index is 0.361. The van der Waals surface area contributed by atoms with Gasteiger partial charge in [0.2, 0.25) is 0 Å². The maximum Gasteiger partial charge on any atom is 0.111 e. The molecule has 0 aromatic rings. The van der Waals surface area contributed by atoms with Crippen LogP contribution in [-0.2, 0) is 4.74 Å². The van der Waals surface area contributed by atoms with Crippen molar-refractivity contribution in [1.82, 2.24) is 5.32 Å². The molecule has 0 bridgehead atoms. The van der Waals surface area contributed by atoms with Gasteiger partial charge in [-0.25, -0.2) is 0 Å². The average Bonchev–Trinajstić information content (AvgIpc) is 2.30. The Labute approximate surface area is 54.6 Å².